The minimum Gasteiger partial charge on any atom is -0.382 e. The number of benzene rings is 1. The average molecular weight is 250 g/mol. The van der Waals surface area contributed by atoms with Gasteiger partial charge in [0.1, 0.15) is 0 Å². The van der Waals surface area contributed by atoms with Crippen LogP contribution in [0.5, 0.6) is 0 Å². The quantitative estimate of drug-likeness (QED) is 0.860. The summed E-state index contributed by atoms with van der Waals surface area (Å²) >= 11 is 6.02. The van der Waals surface area contributed by atoms with Crippen LogP contribution in [0.15, 0.2) is 18.2 Å². The van der Waals surface area contributed by atoms with E-state index in [1.54, 1.807) is 18.2 Å². The van der Waals surface area contributed by atoms with E-state index >= 15 is 0 Å². The Balaban J connectivity index is 1.95. The molecule has 5 heteroatoms. The van der Waals surface area contributed by atoms with Gasteiger partial charge in [0.05, 0.1) is 22.3 Å². The molecule has 1 heterocycles. The number of hydrogen-bond donors (Lipinski definition) is 2. The van der Waals surface area contributed by atoms with Crippen LogP contribution >= 0.6 is 11.6 Å². The molecule has 1 fully saturated rings. The third-order valence-corrected chi connectivity index (χ3v) is 3.03. The summed E-state index contributed by atoms with van der Waals surface area (Å²) in [6.07, 6.45) is 1.44. The van der Waals surface area contributed by atoms with Crippen LogP contribution in [-0.2, 0) is 4.79 Å². The second-order valence-electron chi connectivity index (χ2n) is 3.99. The molecule has 17 heavy (non-hydrogen) atoms. The van der Waals surface area contributed by atoms with Crippen molar-refractivity contribution in [2.45, 2.75) is 18.9 Å². The second kappa shape index (κ2) is 5.07. The highest BCUT2D eigenvalue weighted by Crippen LogP contribution is 2.23. The number of carbonyl (C=O) groups excluding carboxylic acids is 1. The fourth-order valence-corrected chi connectivity index (χ4v) is 2.04. The lowest BCUT2D eigenvalue weighted by atomic mass is 10.2. The Bertz CT molecular complexity index is 481. The third-order valence-electron chi connectivity index (χ3n) is 2.72. The van der Waals surface area contributed by atoms with Crippen LogP contribution < -0.4 is 10.6 Å². The maximum atomic E-state index is 11.0. The molecule has 1 unspecified atom stereocenters. The number of nitriles is 1. The zero-order valence-corrected chi connectivity index (χ0v) is 9.92. The molecule has 1 amide bonds. The van der Waals surface area contributed by atoms with Crippen LogP contribution in [0.3, 0.4) is 0 Å². The van der Waals surface area contributed by atoms with E-state index in [0.717, 1.165) is 12.1 Å². The lowest BCUT2D eigenvalue weighted by Gasteiger charge is -2.13. The van der Waals surface area contributed by atoms with Crippen molar-refractivity contribution >= 4 is 23.2 Å². The number of nitrogens with zero attached hydrogens (tertiary/aromatic N) is 1. The van der Waals surface area contributed by atoms with Crippen molar-refractivity contribution in [1.82, 2.24) is 5.32 Å². The Labute approximate surface area is 105 Å². The molecule has 2 rings (SSSR count). The van der Waals surface area contributed by atoms with Gasteiger partial charge < -0.3 is 10.6 Å². The number of halogens is 1. The van der Waals surface area contributed by atoms with Gasteiger partial charge in [-0.05, 0) is 24.6 Å². The maximum absolute atomic E-state index is 11.0. The summed E-state index contributed by atoms with van der Waals surface area (Å²) in [6.45, 7) is 0.650. The van der Waals surface area contributed by atoms with Crippen LogP contribution in [-0.4, -0.2) is 18.5 Å². The molecule has 88 valence electrons. The predicted molar refractivity (Wildman–Crippen MR) is 65.8 cm³/mol. The molecule has 1 aliphatic heterocycles. The molecule has 0 saturated carbocycles. The molecule has 1 aliphatic rings. The second-order valence-corrected chi connectivity index (χ2v) is 4.40. The zero-order chi connectivity index (χ0) is 12.3. The number of nitrogens with one attached hydrogen (secondary N) is 2. The summed E-state index contributed by atoms with van der Waals surface area (Å²) in [4.78, 5) is 11.0. The third kappa shape index (κ3) is 2.89. The van der Waals surface area contributed by atoms with E-state index in [0.29, 0.717) is 23.6 Å². The minimum atomic E-state index is 0.0997. The Morgan fingerprint density at radius 1 is 1.59 bits per heavy atom. The topological polar surface area (TPSA) is 64.9 Å². The molecule has 1 aromatic carbocycles. The molecule has 0 spiro atoms. The molecule has 2 N–H and O–H groups in total. The first kappa shape index (κ1) is 11.7. The van der Waals surface area contributed by atoms with Crippen molar-refractivity contribution in [3.63, 3.8) is 0 Å². The first-order valence-corrected chi connectivity index (χ1v) is 5.79. The predicted octanol–water partition coefficient (Wildman–Crippen LogP) is 1.90. The highest BCUT2D eigenvalue weighted by molar-refractivity contribution is 6.33. The van der Waals surface area contributed by atoms with Gasteiger partial charge in [-0.1, -0.05) is 11.6 Å². The summed E-state index contributed by atoms with van der Waals surface area (Å²) in [6, 6.07) is 7.30. The van der Waals surface area contributed by atoms with Gasteiger partial charge in [-0.2, -0.15) is 5.26 Å². The summed E-state index contributed by atoms with van der Waals surface area (Å²) in [5.74, 6) is 0.0997. The van der Waals surface area contributed by atoms with Crippen molar-refractivity contribution in [2.24, 2.45) is 0 Å². The van der Waals surface area contributed by atoms with E-state index < -0.39 is 0 Å². The fraction of sp³-hybridized carbons (Fsp3) is 0.333. The normalized spacial score (nSPS) is 18.6. The van der Waals surface area contributed by atoms with Crippen molar-refractivity contribution in [2.75, 3.05) is 11.9 Å². The van der Waals surface area contributed by atoms with Gasteiger partial charge in [-0.3, -0.25) is 4.79 Å². The Kier molecular flexibility index (Phi) is 3.50. The van der Waals surface area contributed by atoms with Gasteiger partial charge in [0.15, 0.2) is 0 Å². The number of rotatable bonds is 3. The van der Waals surface area contributed by atoms with Gasteiger partial charge >= 0.3 is 0 Å². The molecular weight excluding hydrogens is 238 g/mol. The number of hydrogen-bond acceptors (Lipinski definition) is 3. The number of amides is 1. The van der Waals surface area contributed by atoms with Crippen molar-refractivity contribution in [3.8, 4) is 6.07 Å². The highest BCUT2D eigenvalue weighted by Gasteiger charge is 2.20. The SMILES string of the molecule is N#Cc1ccc(NCC2CCC(=O)N2)c(Cl)c1. The average Bonchev–Trinajstić information content (AvgIpc) is 2.73. The summed E-state index contributed by atoms with van der Waals surface area (Å²) in [5.41, 5.74) is 1.32. The number of anilines is 1. The van der Waals surface area contributed by atoms with Crippen LogP contribution in [0, 0.1) is 11.3 Å². The van der Waals surface area contributed by atoms with Crippen LogP contribution in [0.25, 0.3) is 0 Å². The maximum Gasteiger partial charge on any atom is 0.220 e. The highest BCUT2D eigenvalue weighted by atomic mass is 35.5. The van der Waals surface area contributed by atoms with E-state index in [-0.39, 0.29) is 11.9 Å². The van der Waals surface area contributed by atoms with Crippen molar-refractivity contribution in [1.29, 1.82) is 5.26 Å². The lowest BCUT2D eigenvalue weighted by Crippen LogP contribution is -2.31. The van der Waals surface area contributed by atoms with Gasteiger partial charge in [0.2, 0.25) is 5.91 Å². The molecule has 1 saturated heterocycles. The largest absolute Gasteiger partial charge is 0.382 e. The fourth-order valence-electron chi connectivity index (χ4n) is 1.79. The lowest BCUT2D eigenvalue weighted by molar-refractivity contribution is -0.119. The minimum absolute atomic E-state index is 0.0997. The monoisotopic (exact) mass is 249 g/mol. The van der Waals surface area contributed by atoms with E-state index in [4.69, 9.17) is 16.9 Å². The molecule has 1 atom stereocenters. The summed E-state index contributed by atoms with van der Waals surface area (Å²) < 4.78 is 0. The first-order valence-electron chi connectivity index (χ1n) is 5.42. The standard InChI is InChI=1S/C12H12ClN3O/c13-10-5-8(6-14)1-3-11(10)15-7-9-2-4-12(17)16-9/h1,3,5,9,15H,2,4,7H2,(H,16,17). The van der Waals surface area contributed by atoms with Crippen molar-refractivity contribution < 1.29 is 4.79 Å². The molecule has 0 aromatic heterocycles. The molecule has 0 aliphatic carbocycles. The van der Waals surface area contributed by atoms with Gasteiger partial charge in [0.25, 0.3) is 0 Å². The summed E-state index contributed by atoms with van der Waals surface area (Å²) in [7, 11) is 0. The first-order chi connectivity index (χ1) is 8.19. The van der Waals surface area contributed by atoms with Crippen LogP contribution in [0.2, 0.25) is 5.02 Å². The van der Waals surface area contributed by atoms with E-state index in [9.17, 15) is 4.79 Å². The zero-order valence-electron chi connectivity index (χ0n) is 9.16. The summed E-state index contributed by atoms with van der Waals surface area (Å²) in [5, 5.41) is 15.3. The Morgan fingerprint density at radius 2 is 2.41 bits per heavy atom. The van der Waals surface area contributed by atoms with Gasteiger partial charge in [-0.25, -0.2) is 0 Å². The van der Waals surface area contributed by atoms with Crippen molar-refractivity contribution in [3.05, 3.63) is 28.8 Å². The van der Waals surface area contributed by atoms with E-state index in [1.165, 1.54) is 0 Å². The van der Waals surface area contributed by atoms with Gasteiger partial charge in [0, 0.05) is 19.0 Å². The molecule has 0 bridgehead atoms. The number of carbonyl (C=O) groups is 1. The molecule has 0 radical (unpaired) electrons. The smallest absolute Gasteiger partial charge is 0.220 e. The van der Waals surface area contributed by atoms with Crippen LogP contribution in [0.4, 0.5) is 5.69 Å². The van der Waals surface area contributed by atoms with E-state index in [2.05, 4.69) is 10.6 Å². The molecular formula is C12H12ClN3O. The molecule has 1 aromatic rings. The Hall–Kier alpha value is -1.73. The Morgan fingerprint density at radius 3 is 3.00 bits per heavy atom. The van der Waals surface area contributed by atoms with Gasteiger partial charge in [-0.15, -0.1) is 0 Å². The van der Waals surface area contributed by atoms with Crippen LogP contribution in [0.1, 0.15) is 18.4 Å². The van der Waals surface area contributed by atoms with E-state index in [1.807, 2.05) is 6.07 Å². The molecule has 4 nitrogen and oxygen atoms in total.